The molecular formula is C16H25BrN2OS. The molecule has 0 aromatic carbocycles. The number of hydrogen-bond donors (Lipinski definition) is 1. The average molecular weight is 373 g/mol. The number of methoxy groups -OCH3 is 1. The third-order valence-corrected chi connectivity index (χ3v) is 6.06. The molecule has 2 rings (SSSR count). The molecule has 0 amide bonds. The van der Waals surface area contributed by atoms with Crippen LogP contribution in [0.4, 0.5) is 0 Å². The van der Waals surface area contributed by atoms with Crippen molar-refractivity contribution in [2.45, 2.75) is 64.9 Å². The molecule has 1 fully saturated rings. The highest BCUT2D eigenvalue weighted by atomic mass is 79.9. The largest absolute Gasteiger partial charge is 0.370 e. The lowest BCUT2D eigenvalue weighted by Gasteiger charge is -2.42. The number of aromatic nitrogens is 2. The van der Waals surface area contributed by atoms with E-state index in [0.29, 0.717) is 16.0 Å². The highest BCUT2D eigenvalue weighted by Crippen LogP contribution is 2.46. The summed E-state index contributed by atoms with van der Waals surface area (Å²) in [6.45, 7) is 8.95. The molecule has 0 atom stereocenters. The minimum absolute atomic E-state index is 0.326. The Hall–Kier alpha value is -0.260. The van der Waals surface area contributed by atoms with Gasteiger partial charge in [-0.05, 0) is 52.9 Å². The molecule has 0 radical (unpaired) electrons. The molecule has 0 saturated heterocycles. The van der Waals surface area contributed by atoms with Gasteiger partial charge in [-0.3, -0.25) is 0 Å². The van der Waals surface area contributed by atoms with Gasteiger partial charge < -0.3 is 9.72 Å². The van der Waals surface area contributed by atoms with E-state index in [1.54, 1.807) is 7.11 Å². The number of aromatic amines is 1. The van der Waals surface area contributed by atoms with E-state index in [2.05, 4.69) is 53.6 Å². The Kier molecular flexibility index (Phi) is 4.96. The first-order valence-corrected chi connectivity index (χ1v) is 8.76. The first kappa shape index (κ1) is 17.1. The summed E-state index contributed by atoms with van der Waals surface area (Å²) in [4.78, 5) is 8.11. The molecule has 3 nitrogen and oxygen atoms in total. The van der Waals surface area contributed by atoms with Gasteiger partial charge in [-0.2, -0.15) is 0 Å². The van der Waals surface area contributed by atoms with E-state index in [4.69, 9.17) is 17.0 Å². The van der Waals surface area contributed by atoms with Crippen LogP contribution in [0, 0.1) is 10.1 Å². The van der Waals surface area contributed by atoms with E-state index in [9.17, 15) is 0 Å². The van der Waals surface area contributed by atoms with Crippen molar-refractivity contribution in [3.8, 4) is 0 Å². The SMILES string of the molecule is COC1(c2nc(=S)c(Br)c(C(C)C)[nH]2)CCC(C)(C)CC1. The number of nitrogens with one attached hydrogen (secondary N) is 1. The normalized spacial score (nSPS) is 20.7. The van der Waals surface area contributed by atoms with Crippen molar-refractivity contribution in [1.82, 2.24) is 9.97 Å². The van der Waals surface area contributed by atoms with Crippen LogP contribution in [0.15, 0.2) is 4.47 Å². The van der Waals surface area contributed by atoms with E-state index in [-0.39, 0.29) is 5.60 Å². The van der Waals surface area contributed by atoms with Crippen molar-refractivity contribution >= 4 is 28.1 Å². The van der Waals surface area contributed by atoms with Gasteiger partial charge in [0.15, 0.2) is 0 Å². The maximum absolute atomic E-state index is 5.93. The lowest BCUT2D eigenvalue weighted by molar-refractivity contribution is -0.0731. The maximum atomic E-state index is 5.93. The predicted octanol–water partition coefficient (Wildman–Crippen LogP) is 5.47. The Morgan fingerprint density at radius 2 is 1.81 bits per heavy atom. The quantitative estimate of drug-likeness (QED) is 0.715. The van der Waals surface area contributed by atoms with E-state index < -0.39 is 0 Å². The van der Waals surface area contributed by atoms with Gasteiger partial charge >= 0.3 is 0 Å². The summed E-state index contributed by atoms with van der Waals surface area (Å²) in [5.41, 5.74) is 1.16. The molecule has 1 N–H and O–H groups in total. The summed E-state index contributed by atoms with van der Waals surface area (Å²) in [7, 11) is 1.79. The van der Waals surface area contributed by atoms with Gasteiger partial charge in [0.2, 0.25) is 0 Å². The minimum atomic E-state index is -0.326. The number of nitrogens with zero attached hydrogens (tertiary/aromatic N) is 1. The summed E-state index contributed by atoms with van der Waals surface area (Å²) in [6.07, 6.45) is 4.23. The van der Waals surface area contributed by atoms with E-state index >= 15 is 0 Å². The zero-order valence-electron chi connectivity index (χ0n) is 13.5. The third kappa shape index (κ3) is 3.40. The van der Waals surface area contributed by atoms with Crippen LogP contribution in [0.5, 0.6) is 0 Å². The number of halogens is 1. The second-order valence-electron chi connectivity index (χ2n) is 7.14. The maximum Gasteiger partial charge on any atom is 0.144 e. The second kappa shape index (κ2) is 6.09. The fraction of sp³-hybridized carbons (Fsp3) is 0.750. The van der Waals surface area contributed by atoms with E-state index in [1.165, 1.54) is 0 Å². The van der Waals surface area contributed by atoms with Gasteiger partial charge in [0, 0.05) is 12.8 Å². The van der Waals surface area contributed by atoms with Crippen molar-refractivity contribution < 1.29 is 4.74 Å². The summed E-state index contributed by atoms with van der Waals surface area (Å²) < 4.78 is 7.45. The Morgan fingerprint density at radius 1 is 1.24 bits per heavy atom. The van der Waals surface area contributed by atoms with E-state index in [1.807, 2.05) is 0 Å². The van der Waals surface area contributed by atoms with Gasteiger partial charge in [-0.1, -0.05) is 39.9 Å². The van der Waals surface area contributed by atoms with Crippen LogP contribution in [-0.2, 0) is 10.3 Å². The van der Waals surface area contributed by atoms with Gasteiger partial charge in [-0.15, -0.1) is 0 Å². The van der Waals surface area contributed by atoms with Gasteiger partial charge in [0.25, 0.3) is 0 Å². The number of ether oxygens (including phenoxy) is 1. The Bertz CT molecular complexity index is 570. The number of hydrogen-bond acceptors (Lipinski definition) is 3. The molecule has 1 aliphatic rings. The molecular weight excluding hydrogens is 348 g/mol. The Morgan fingerprint density at radius 3 is 2.29 bits per heavy atom. The lowest BCUT2D eigenvalue weighted by Crippen LogP contribution is -2.38. The van der Waals surface area contributed by atoms with Crippen molar-refractivity contribution in [3.63, 3.8) is 0 Å². The fourth-order valence-electron chi connectivity index (χ4n) is 2.96. The lowest BCUT2D eigenvalue weighted by atomic mass is 9.70. The van der Waals surface area contributed by atoms with Crippen LogP contribution in [0.25, 0.3) is 0 Å². The summed E-state index contributed by atoms with van der Waals surface area (Å²) in [5.74, 6) is 1.24. The highest BCUT2D eigenvalue weighted by Gasteiger charge is 2.42. The molecule has 21 heavy (non-hydrogen) atoms. The molecule has 5 heteroatoms. The molecule has 0 bridgehead atoms. The molecule has 1 saturated carbocycles. The summed E-state index contributed by atoms with van der Waals surface area (Å²) in [6, 6.07) is 0. The molecule has 1 heterocycles. The third-order valence-electron chi connectivity index (χ3n) is 4.70. The van der Waals surface area contributed by atoms with Crippen LogP contribution in [0.2, 0.25) is 0 Å². The number of H-pyrrole nitrogens is 1. The topological polar surface area (TPSA) is 37.9 Å². The predicted molar refractivity (Wildman–Crippen MR) is 92.1 cm³/mol. The van der Waals surface area contributed by atoms with Crippen LogP contribution < -0.4 is 0 Å². The average Bonchev–Trinajstić information content (AvgIpc) is 2.42. The van der Waals surface area contributed by atoms with Crippen molar-refractivity contribution in [3.05, 3.63) is 20.6 Å². The Balaban J connectivity index is 2.47. The molecule has 1 aliphatic carbocycles. The minimum Gasteiger partial charge on any atom is -0.370 e. The van der Waals surface area contributed by atoms with Crippen molar-refractivity contribution in [1.29, 1.82) is 0 Å². The van der Waals surface area contributed by atoms with Crippen LogP contribution >= 0.6 is 28.1 Å². The van der Waals surface area contributed by atoms with Crippen molar-refractivity contribution in [2.75, 3.05) is 7.11 Å². The van der Waals surface area contributed by atoms with E-state index in [0.717, 1.165) is 41.7 Å². The first-order valence-electron chi connectivity index (χ1n) is 7.56. The Labute approximate surface area is 141 Å². The van der Waals surface area contributed by atoms with Crippen molar-refractivity contribution in [2.24, 2.45) is 5.41 Å². The number of rotatable bonds is 3. The molecule has 118 valence electrons. The van der Waals surface area contributed by atoms with Crippen LogP contribution in [0.3, 0.4) is 0 Å². The zero-order valence-corrected chi connectivity index (χ0v) is 15.9. The summed E-state index contributed by atoms with van der Waals surface area (Å²) >= 11 is 8.98. The molecule has 0 aliphatic heterocycles. The smallest absolute Gasteiger partial charge is 0.144 e. The molecule has 0 spiro atoms. The summed E-state index contributed by atoms with van der Waals surface area (Å²) in [5, 5.41) is 0. The standard InChI is InChI=1S/C16H25BrN2OS/c1-10(2)12-11(17)13(21)19-14(18-12)16(20-5)8-6-15(3,4)7-9-16/h10H,6-9H2,1-5H3,(H,18,19,21). The van der Waals surface area contributed by atoms with Gasteiger partial charge in [0.05, 0.1) is 4.47 Å². The van der Waals surface area contributed by atoms with Gasteiger partial charge in [0.1, 0.15) is 16.1 Å². The molecule has 0 unspecified atom stereocenters. The van der Waals surface area contributed by atoms with Crippen LogP contribution in [-0.4, -0.2) is 17.1 Å². The molecule has 1 aromatic rings. The second-order valence-corrected chi connectivity index (χ2v) is 8.32. The first-order chi connectivity index (χ1) is 9.71. The fourth-order valence-corrected chi connectivity index (χ4v) is 3.80. The zero-order chi connectivity index (χ0) is 15.8. The monoisotopic (exact) mass is 372 g/mol. The van der Waals surface area contributed by atoms with Gasteiger partial charge in [-0.25, -0.2) is 4.98 Å². The molecule has 1 aromatic heterocycles. The highest BCUT2D eigenvalue weighted by molar-refractivity contribution is 9.10. The van der Waals surface area contributed by atoms with Crippen LogP contribution in [0.1, 0.15) is 70.8 Å².